The molecule has 2 heterocycles. The van der Waals surface area contributed by atoms with E-state index in [4.69, 9.17) is 19.8 Å². The number of fused-ring (bicyclic) bond motifs is 1. The molecule has 0 saturated heterocycles. The molecule has 1 N–H and O–H groups in total. The predicted molar refractivity (Wildman–Crippen MR) is 153 cm³/mol. The molecule has 4 aromatic carbocycles. The molecule has 0 atom stereocenters. The Bertz CT molecular complexity index is 1830. The molecule has 0 bridgehead atoms. The summed E-state index contributed by atoms with van der Waals surface area (Å²) < 4.78 is 7.36. The van der Waals surface area contributed by atoms with Crippen molar-refractivity contribution < 1.29 is 14.6 Å². The van der Waals surface area contributed by atoms with Crippen LogP contribution in [0.2, 0.25) is 0 Å². The molecule has 0 fully saturated rings. The molecule has 8 heteroatoms. The number of carboxylic acids is 1. The third-order valence-electron chi connectivity index (χ3n) is 6.33. The smallest absolute Gasteiger partial charge is 0.335 e. The van der Waals surface area contributed by atoms with Gasteiger partial charge in [0, 0.05) is 5.56 Å². The molecule has 40 heavy (non-hydrogen) atoms. The third-order valence-corrected chi connectivity index (χ3v) is 6.33. The molecule has 0 amide bonds. The first kappa shape index (κ1) is 24.9. The van der Waals surface area contributed by atoms with Crippen molar-refractivity contribution >= 4 is 17.0 Å². The number of carbonyl (C=O) groups is 1. The van der Waals surface area contributed by atoms with Gasteiger partial charge in [-0.15, -0.1) is 5.10 Å². The molecule has 196 valence electrons. The van der Waals surface area contributed by atoms with E-state index in [-0.39, 0.29) is 11.7 Å². The van der Waals surface area contributed by atoms with Gasteiger partial charge in [0.05, 0.1) is 34.6 Å². The average Bonchev–Trinajstić information content (AvgIpc) is 3.43. The van der Waals surface area contributed by atoms with Gasteiger partial charge in [0.1, 0.15) is 11.4 Å². The highest BCUT2D eigenvalue weighted by Crippen LogP contribution is 2.28. The van der Waals surface area contributed by atoms with Crippen LogP contribution in [0.1, 0.15) is 24.2 Å². The fourth-order valence-corrected chi connectivity index (χ4v) is 4.43. The minimum atomic E-state index is -1.02. The second kappa shape index (κ2) is 10.4. The quantitative estimate of drug-likeness (QED) is 0.246. The number of nitrogens with zero attached hydrogens (tertiary/aromatic N) is 5. The van der Waals surface area contributed by atoms with E-state index in [1.165, 1.54) is 0 Å². The van der Waals surface area contributed by atoms with Gasteiger partial charge in [0.25, 0.3) is 0 Å². The lowest BCUT2D eigenvalue weighted by Crippen LogP contribution is -2.05. The largest absolute Gasteiger partial charge is 0.491 e. The van der Waals surface area contributed by atoms with E-state index in [2.05, 4.69) is 4.98 Å². The summed E-state index contributed by atoms with van der Waals surface area (Å²) in [5.41, 5.74) is 5.66. The molecule has 0 aliphatic heterocycles. The number of benzene rings is 4. The molecule has 0 spiro atoms. The highest BCUT2D eigenvalue weighted by molar-refractivity contribution is 5.88. The van der Waals surface area contributed by atoms with Gasteiger partial charge < -0.3 is 9.84 Å². The molecule has 0 saturated carbocycles. The van der Waals surface area contributed by atoms with Crippen LogP contribution in [-0.2, 0) is 0 Å². The number of ether oxygens (including phenoxy) is 1. The standard InChI is InChI=1S/C32H25N5O3/c1-20(2)40-26-16-14-22(15-17-26)21-10-12-23(13-11-21)30-35-31(29-19-33-27-8-3-4-9-28(27)34-29)37(36-30)25-7-5-6-24(18-25)32(38)39/h3-20H,1-2H3,(H,38,39). The lowest BCUT2D eigenvalue weighted by molar-refractivity contribution is 0.0697. The fourth-order valence-electron chi connectivity index (χ4n) is 4.43. The topological polar surface area (TPSA) is 103 Å². The van der Waals surface area contributed by atoms with Crippen molar-refractivity contribution in [3.05, 3.63) is 109 Å². The SMILES string of the molecule is CC(C)Oc1ccc(-c2ccc(-c3nc(-c4cnc5ccccc5n4)n(-c4cccc(C(=O)O)c4)n3)cc2)cc1. The van der Waals surface area contributed by atoms with E-state index < -0.39 is 5.97 Å². The van der Waals surface area contributed by atoms with Crippen LogP contribution < -0.4 is 4.74 Å². The number of hydrogen-bond acceptors (Lipinski definition) is 6. The van der Waals surface area contributed by atoms with Crippen molar-refractivity contribution in [3.8, 4) is 45.5 Å². The summed E-state index contributed by atoms with van der Waals surface area (Å²) in [5, 5.41) is 14.3. The monoisotopic (exact) mass is 527 g/mol. The molecule has 0 unspecified atom stereocenters. The predicted octanol–water partition coefficient (Wildman–Crippen LogP) is 6.70. The first-order valence-corrected chi connectivity index (χ1v) is 12.8. The van der Waals surface area contributed by atoms with Crippen LogP contribution in [0.4, 0.5) is 0 Å². The molecular formula is C32H25N5O3. The summed E-state index contributed by atoms with van der Waals surface area (Å²) in [4.78, 5) is 25.8. The van der Waals surface area contributed by atoms with Crippen molar-refractivity contribution in [1.82, 2.24) is 24.7 Å². The number of para-hydroxylation sites is 2. The molecule has 6 rings (SSSR count). The van der Waals surface area contributed by atoms with Gasteiger partial charge in [0.2, 0.25) is 0 Å². The Labute approximate surface area is 230 Å². The zero-order valence-corrected chi connectivity index (χ0v) is 21.9. The van der Waals surface area contributed by atoms with Crippen LogP contribution in [-0.4, -0.2) is 41.9 Å². The molecule has 6 aromatic rings. The summed E-state index contributed by atoms with van der Waals surface area (Å²) in [6, 6.07) is 30.2. The number of aromatic carboxylic acids is 1. The Kier molecular flexibility index (Phi) is 6.49. The van der Waals surface area contributed by atoms with Gasteiger partial charge in [-0.05, 0) is 67.4 Å². The van der Waals surface area contributed by atoms with Crippen molar-refractivity contribution in [2.45, 2.75) is 20.0 Å². The van der Waals surface area contributed by atoms with Gasteiger partial charge in [-0.25, -0.2) is 19.4 Å². The molecule has 2 aromatic heterocycles. The lowest BCUT2D eigenvalue weighted by Gasteiger charge is -2.10. The summed E-state index contributed by atoms with van der Waals surface area (Å²) in [7, 11) is 0. The number of aromatic nitrogens is 5. The van der Waals surface area contributed by atoms with E-state index in [1.807, 2.05) is 86.6 Å². The maximum Gasteiger partial charge on any atom is 0.335 e. The Hall–Kier alpha value is -5.37. The molecule has 0 aliphatic rings. The van der Waals surface area contributed by atoms with Crippen LogP contribution >= 0.6 is 0 Å². The minimum absolute atomic E-state index is 0.120. The minimum Gasteiger partial charge on any atom is -0.491 e. The number of rotatable bonds is 7. The van der Waals surface area contributed by atoms with Crippen LogP contribution in [0.25, 0.3) is 50.8 Å². The molecule has 8 nitrogen and oxygen atoms in total. The zero-order chi connectivity index (χ0) is 27.6. The van der Waals surface area contributed by atoms with Crippen molar-refractivity contribution in [2.24, 2.45) is 0 Å². The second-order valence-corrected chi connectivity index (χ2v) is 9.54. The van der Waals surface area contributed by atoms with Crippen molar-refractivity contribution in [1.29, 1.82) is 0 Å². The summed E-state index contributed by atoms with van der Waals surface area (Å²) in [5.74, 6) is 0.758. The maximum atomic E-state index is 11.7. The number of hydrogen-bond donors (Lipinski definition) is 1. The summed E-state index contributed by atoms with van der Waals surface area (Å²) in [6.07, 6.45) is 1.78. The average molecular weight is 528 g/mol. The summed E-state index contributed by atoms with van der Waals surface area (Å²) in [6.45, 7) is 4.01. The molecule has 0 radical (unpaired) electrons. The van der Waals surface area contributed by atoms with E-state index in [0.29, 0.717) is 23.0 Å². The lowest BCUT2D eigenvalue weighted by atomic mass is 10.0. The Morgan fingerprint density at radius 3 is 2.17 bits per heavy atom. The van der Waals surface area contributed by atoms with Crippen LogP contribution in [0.3, 0.4) is 0 Å². The van der Waals surface area contributed by atoms with E-state index in [9.17, 15) is 9.90 Å². The first-order valence-electron chi connectivity index (χ1n) is 12.8. The van der Waals surface area contributed by atoms with Crippen LogP contribution in [0, 0.1) is 0 Å². The summed E-state index contributed by atoms with van der Waals surface area (Å²) >= 11 is 0. The second-order valence-electron chi connectivity index (χ2n) is 9.54. The van der Waals surface area contributed by atoms with E-state index >= 15 is 0 Å². The highest BCUT2D eigenvalue weighted by Gasteiger charge is 2.18. The van der Waals surface area contributed by atoms with Gasteiger partial charge in [-0.1, -0.05) is 54.6 Å². The van der Waals surface area contributed by atoms with Gasteiger partial charge in [-0.2, -0.15) is 0 Å². The van der Waals surface area contributed by atoms with Gasteiger partial charge in [-0.3, -0.25) is 4.98 Å². The maximum absolute atomic E-state index is 11.7. The van der Waals surface area contributed by atoms with Crippen LogP contribution in [0.15, 0.2) is 103 Å². The third kappa shape index (κ3) is 5.02. The van der Waals surface area contributed by atoms with E-state index in [0.717, 1.165) is 33.5 Å². The highest BCUT2D eigenvalue weighted by atomic mass is 16.5. The normalized spacial score (nSPS) is 11.2. The van der Waals surface area contributed by atoms with Gasteiger partial charge >= 0.3 is 5.97 Å². The Morgan fingerprint density at radius 1 is 0.800 bits per heavy atom. The molecule has 0 aliphatic carbocycles. The van der Waals surface area contributed by atoms with E-state index in [1.54, 1.807) is 35.1 Å². The van der Waals surface area contributed by atoms with Crippen molar-refractivity contribution in [2.75, 3.05) is 0 Å². The van der Waals surface area contributed by atoms with Crippen molar-refractivity contribution in [3.63, 3.8) is 0 Å². The van der Waals surface area contributed by atoms with Gasteiger partial charge in [0.15, 0.2) is 11.6 Å². The molecular weight excluding hydrogens is 502 g/mol. The zero-order valence-electron chi connectivity index (χ0n) is 21.9. The number of carboxylic acid groups (broad SMARTS) is 1. The first-order chi connectivity index (χ1) is 19.4. The Balaban J connectivity index is 1.40. The van der Waals surface area contributed by atoms with Crippen LogP contribution in [0.5, 0.6) is 5.75 Å². The Morgan fingerprint density at radius 2 is 1.48 bits per heavy atom. The fraction of sp³-hybridized carbons (Fsp3) is 0.0938.